The molecule has 0 heterocycles. The van der Waals surface area contributed by atoms with Crippen LogP contribution in [0.4, 0.5) is 0 Å². The fourth-order valence-electron chi connectivity index (χ4n) is 11.2. The van der Waals surface area contributed by atoms with E-state index in [2.05, 4.69) is 54.2 Å². The summed E-state index contributed by atoms with van der Waals surface area (Å²) in [6.07, 6.45) is 11.8. The van der Waals surface area contributed by atoms with E-state index < -0.39 is 5.41 Å². The molecule has 0 aliphatic heterocycles. The average Bonchev–Trinajstić information content (AvgIpc) is 3.14. The Kier molecular flexibility index (Phi) is 6.04. The molecule has 4 fully saturated rings. The highest BCUT2D eigenvalue weighted by Gasteiger charge is 2.72. The molecule has 10 atom stereocenters. The van der Waals surface area contributed by atoms with Gasteiger partial charge in [-0.05, 0) is 96.4 Å². The zero-order valence-electron chi connectivity index (χ0n) is 23.6. The summed E-state index contributed by atoms with van der Waals surface area (Å²) in [5.41, 5.74) is 1.06. The third-order valence-electron chi connectivity index (χ3n) is 13.1. The predicted molar refractivity (Wildman–Crippen MR) is 146 cm³/mol. The molecule has 0 saturated heterocycles. The van der Waals surface area contributed by atoms with Gasteiger partial charge in [0.1, 0.15) is 6.10 Å². The van der Waals surface area contributed by atoms with E-state index in [1.54, 1.807) is 6.92 Å². The lowest BCUT2D eigenvalue weighted by molar-refractivity contribution is -0.255. The molecule has 0 unspecified atom stereocenters. The molecule has 0 aromatic carbocycles. The lowest BCUT2D eigenvalue weighted by atomic mass is 9.32. The van der Waals surface area contributed by atoms with Gasteiger partial charge in [0.25, 0.3) is 0 Å². The Hall–Kier alpha value is -1.09. The first-order chi connectivity index (χ1) is 16.7. The summed E-state index contributed by atoms with van der Waals surface area (Å²) in [7, 11) is 0. The molecule has 0 amide bonds. The van der Waals surface area contributed by atoms with Crippen molar-refractivity contribution in [2.45, 2.75) is 99.5 Å². The molecule has 4 heteroatoms. The fraction of sp³-hybridized carbons (Fsp3) is 0.812. The average molecular weight is 515 g/mol. The highest BCUT2D eigenvalue weighted by Crippen LogP contribution is 2.77. The number of ketones is 1. The second kappa shape index (κ2) is 8.20. The van der Waals surface area contributed by atoms with Crippen LogP contribution in [0.25, 0.3) is 0 Å². The molecule has 5 aliphatic carbocycles. The summed E-state index contributed by atoms with van der Waals surface area (Å²) in [6.45, 7) is 20.2. The molecule has 0 N–H and O–H groups in total. The van der Waals surface area contributed by atoms with Gasteiger partial charge in [0.05, 0.1) is 0 Å². The van der Waals surface area contributed by atoms with Crippen molar-refractivity contribution < 1.29 is 14.3 Å². The molecule has 4 saturated carbocycles. The summed E-state index contributed by atoms with van der Waals surface area (Å²) in [6, 6.07) is 0. The van der Waals surface area contributed by atoms with Crippen LogP contribution >= 0.6 is 11.6 Å². The lowest BCUT2D eigenvalue weighted by Crippen LogP contribution is -2.69. The molecule has 0 bridgehead atoms. The Morgan fingerprint density at radius 2 is 1.75 bits per heavy atom. The number of halogens is 1. The molecule has 0 radical (unpaired) electrons. The fourth-order valence-corrected chi connectivity index (χ4v) is 11.4. The van der Waals surface area contributed by atoms with E-state index in [0.717, 1.165) is 19.3 Å². The van der Waals surface area contributed by atoms with Crippen LogP contribution < -0.4 is 0 Å². The van der Waals surface area contributed by atoms with Crippen LogP contribution in [0.3, 0.4) is 0 Å². The second-order valence-electron chi connectivity index (χ2n) is 14.8. The molecule has 200 valence electrons. The second-order valence-corrected chi connectivity index (χ2v) is 15.1. The van der Waals surface area contributed by atoms with Crippen LogP contribution in [-0.2, 0) is 14.3 Å². The van der Waals surface area contributed by atoms with Crippen molar-refractivity contribution in [3.8, 4) is 0 Å². The Labute approximate surface area is 223 Å². The number of esters is 1. The number of hydrogen-bond donors (Lipinski definition) is 0. The van der Waals surface area contributed by atoms with Crippen molar-refractivity contribution in [2.75, 3.05) is 5.88 Å². The van der Waals surface area contributed by atoms with Crippen LogP contribution in [0.2, 0.25) is 0 Å². The van der Waals surface area contributed by atoms with Crippen molar-refractivity contribution in [2.24, 2.45) is 56.7 Å². The van der Waals surface area contributed by atoms with E-state index in [1.165, 1.54) is 31.3 Å². The molecule has 5 rings (SSSR count). The predicted octanol–water partition coefficient (Wildman–Crippen LogP) is 7.77. The molecular formula is C32H47ClO3. The van der Waals surface area contributed by atoms with Crippen LogP contribution in [0.15, 0.2) is 24.3 Å². The Morgan fingerprint density at radius 3 is 2.39 bits per heavy atom. The van der Waals surface area contributed by atoms with E-state index in [4.69, 9.17) is 16.3 Å². The maximum absolute atomic E-state index is 13.0. The van der Waals surface area contributed by atoms with Gasteiger partial charge in [-0.3, -0.25) is 9.59 Å². The number of hydrogen-bond acceptors (Lipinski definition) is 3. The summed E-state index contributed by atoms with van der Waals surface area (Å²) in [4.78, 5) is 25.6. The quantitative estimate of drug-likeness (QED) is 0.219. The van der Waals surface area contributed by atoms with Gasteiger partial charge in [-0.1, -0.05) is 59.8 Å². The molecule has 3 nitrogen and oxygen atoms in total. The smallest absolute Gasteiger partial charge is 0.302 e. The number of rotatable bonds is 3. The third-order valence-corrected chi connectivity index (χ3v) is 13.4. The highest BCUT2D eigenvalue weighted by molar-refractivity contribution is 6.19. The number of alkyl halides is 1. The van der Waals surface area contributed by atoms with Gasteiger partial charge in [-0.2, -0.15) is 0 Å². The SMILES string of the molecule is C=C(CCl)[C@@H]1CC[C@]2(C)CC[C@]3(C)[C@H](C[C@@H](OC(C)=O)[C@@H]4[C@@]5(C)C=CC(=O)C(C)(C)[C@@H]5CC[C@]43C)[C@@H]12. The molecular weight excluding hydrogens is 468 g/mol. The normalized spacial score (nSPS) is 50.9. The van der Waals surface area contributed by atoms with Gasteiger partial charge in [-0.25, -0.2) is 0 Å². The van der Waals surface area contributed by atoms with E-state index in [9.17, 15) is 9.59 Å². The number of ether oxygens (including phenoxy) is 1. The number of carbonyl (C=O) groups is 2. The Bertz CT molecular complexity index is 1010. The molecule has 5 aliphatic rings. The molecule has 0 spiro atoms. The minimum absolute atomic E-state index is 0.0128. The van der Waals surface area contributed by atoms with Crippen molar-refractivity contribution in [1.29, 1.82) is 0 Å². The lowest BCUT2D eigenvalue weighted by Gasteiger charge is -2.72. The van der Waals surface area contributed by atoms with E-state index in [1.807, 2.05) is 6.08 Å². The van der Waals surface area contributed by atoms with Gasteiger partial charge in [0.15, 0.2) is 5.78 Å². The first kappa shape index (κ1) is 26.5. The summed E-state index contributed by atoms with van der Waals surface area (Å²) in [5.74, 6) is 2.48. The maximum Gasteiger partial charge on any atom is 0.302 e. The molecule has 0 aromatic heterocycles. The van der Waals surface area contributed by atoms with E-state index >= 15 is 0 Å². The first-order valence-corrected chi connectivity index (χ1v) is 14.8. The van der Waals surface area contributed by atoms with E-state index in [0.29, 0.717) is 29.0 Å². The zero-order chi connectivity index (χ0) is 26.5. The van der Waals surface area contributed by atoms with Gasteiger partial charge in [-0.15, -0.1) is 11.6 Å². The van der Waals surface area contributed by atoms with Crippen molar-refractivity contribution in [1.82, 2.24) is 0 Å². The number of carbonyl (C=O) groups excluding carboxylic acids is 2. The largest absolute Gasteiger partial charge is 0.462 e. The van der Waals surface area contributed by atoms with Gasteiger partial charge >= 0.3 is 5.97 Å². The van der Waals surface area contributed by atoms with Gasteiger partial charge in [0, 0.05) is 24.1 Å². The first-order valence-electron chi connectivity index (χ1n) is 14.3. The van der Waals surface area contributed by atoms with E-state index in [-0.39, 0.29) is 45.9 Å². The summed E-state index contributed by atoms with van der Waals surface area (Å²) >= 11 is 6.38. The van der Waals surface area contributed by atoms with Crippen LogP contribution in [0.1, 0.15) is 93.4 Å². The number of fused-ring (bicyclic) bond motifs is 7. The zero-order valence-corrected chi connectivity index (χ0v) is 24.3. The Balaban J connectivity index is 1.66. The van der Waals surface area contributed by atoms with Crippen LogP contribution in [-0.4, -0.2) is 23.7 Å². The van der Waals surface area contributed by atoms with Gasteiger partial charge in [0.2, 0.25) is 0 Å². The topological polar surface area (TPSA) is 43.4 Å². The third kappa shape index (κ3) is 3.29. The maximum atomic E-state index is 13.0. The molecule has 36 heavy (non-hydrogen) atoms. The van der Waals surface area contributed by atoms with Crippen LogP contribution in [0.5, 0.6) is 0 Å². The molecule has 0 aromatic rings. The monoisotopic (exact) mass is 514 g/mol. The van der Waals surface area contributed by atoms with Crippen molar-refractivity contribution >= 4 is 23.4 Å². The standard InChI is InChI=1S/C32H47ClO3/c1-19(18-33)21-9-12-29(5)15-16-31(7)22(26(21)29)17-23(36-20(2)34)27-30(6)13-11-25(35)28(3,4)24(30)10-14-32(27,31)8/h11,13,21-24,26-27H,1,9-10,12,14-18H2,2-8H3/t21-,22+,23+,24-,26+,27+,29+,30-,31+,32+/m0/s1. The highest BCUT2D eigenvalue weighted by atomic mass is 35.5. The number of allylic oxidation sites excluding steroid dienone is 3. The van der Waals surface area contributed by atoms with Crippen molar-refractivity contribution in [3.63, 3.8) is 0 Å². The Morgan fingerprint density at radius 1 is 1.06 bits per heavy atom. The minimum atomic E-state index is -0.400. The summed E-state index contributed by atoms with van der Waals surface area (Å²) in [5, 5.41) is 0. The van der Waals surface area contributed by atoms with Gasteiger partial charge < -0.3 is 4.74 Å². The van der Waals surface area contributed by atoms with Crippen LogP contribution in [0, 0.1) is 56.7 Å². The summed E-state index contributed by atoms with van der Waals surface area (Å²) < 4.78 is 6.33. The minimum Gasteiger partial charge on any atom is -0.462 e. The van der Waals surface area contributed by atoms with Crippen molar-refractivity contribution in [3.05, 3.63) is 24.3 Å².